The Balaban J connectivity index is 2.46. The van der Waals surface area contributed by atoms with Gasteiger partial charge in [-0.1, -0.05) is 49.9 Å². The third kappa shape index (κ3) is 3.93. The Morgan fingerprint density at radius 2 is 1.77 bits per heavy atom. The first-order valence-electron chi connectivity index (χ1n) is 7.70. The van der Waals surface area contributed by atoms with Gasteiger partial charge in [-0.3, -0.25) is 9.78 Å². The standard InChI is InChI=1S/C16H21Cl2N3O/c1-3-5-7-21(8-6-4-2)16-19-14-12(15(22)20-16)9-11(17)10-13(14)18/h9-10H,3-8H2,1-2H3,(H,19,20,22). The Hall–Kier alpha value is -1.26. The second-order valence-corrected chi connectivity index (χ2v) is 6.21. The van der Waals surface area contributed by atoms with Crippen LogP contribution >= 0.6 is 23.2 Å². The summed E-state index contributed by atoms with van der Waals surface area (Å²) in [6.07, 6.45) is 4.30. The maximum atomic E-state index is 12.3. The maximum absolute atomic E-state index is 12.3. The van der Waals surface area contributed by atoms with E-state index in [1.165, 1.54) is 0 Å². The number of nitrogens with one attached hydrogen (secondary N) is 1. The van der Waals surface area contributed by atoms with Gasteiger partial charge in [0.05, 0.1) is 15.9 Å². The number of benzene rings is 1. The van der Waals surface area contributed by atoms with Crippen LogP contribution in [0.25, 0.3) is 10.9 Å². The summed E-state index contributed by atoms with van der Waals surface area (Å²) in [7, 11) is 0. The van der Waals surface area contributed by atoms with Crippen molar-refractivity contribution in [3.05, 3.63) is 32.5 Å². The highest BCUT2D eigenvalue weighted by molar-refractivity contribution is 6.38. The number of rotatable bonds is 7. The number of nitrogens with zero attached hydrogens (tertiary/aromatic N) is 2. The highest BCUT2D eigenvalue weighted by Gasteiger charge is 2.13. The van der Waals surface area contributed by atoms with E-state index in [4.69, 9.17) is 23.2 Å². The molecule has 120 valence electrons. The fraction of sp³-hybridized carbons (Fsp3) is 0.500. The van der Waals surface area contributed by atoms with Gasteiger partial charge in [-0.15, -0.1) is 0 Å². The van der Waals surface area contributed by atoms with Crippen LogP contribution in [0.5, 0.6) is 0 Å². The normalized spacial score (nSPS) is 11.1. The molecule has 0 aliphatic heterocycles. The highest BCUT2D eigenvalue weighted by Crippen LogP contribution is 2.25. The topological polar surface area (TPSA) is 49.0 Å². The summed E-state index contributed by atoms with van der Waals surface area (Å²) < 4.78 is 0. The summed E-state index contributed by atoms with van der Waals surface area (Å²) in [6.45, 7) is 6.03. The molecule has 0 atom stereocenters. The Labute approximate surface area is 140 Å². The number of hydrogen-bond acceptors (Lipinski definition) is 3. The van der Waals surface area contributed by atoms with Crippen molar-refractivity contribution in [1.29, 1.82) is 0 Å². The molecule has 1 heterocycles. The second kappa shape index (κ2) is 7.84. The first kappa shape index (κ1) is 17.1. The van der Waals surface area contributed by atoms with Crippen LogP contribution in [0.4, 0.5) is 5.95 Å². The van der Waals surface area contributed by atoms with Crippen LogP contribution in [0, 0.1) is 0 Å². The molecule has 0 spiro atoms. The van der Waals surface area contributed by atoms with E-state index in [1.807, 2.05) is 0 Å². The molecule has 0 amide bonds. The molecule has 1 aromatic carbocycles. The van der Waals surface area contributed by atoms with Crippen molar-refractivity contribution in [3.63, 3.8) is 0 Å². The average molecular weight is 342 g/mol. The number of halogens is 2. The van der Waals surface area contributed by atoms with E-state index in [0.717, 1.165) is 38.8 Å². The highest BCUT2D eigenvalue weighted by atomic mass is 35.5. The first-order valence-corrected chi connectivity index (χ1v) is 8.46. The van der Waals surface area contributed by atoms with Crippen molar-refractivity contribution < 1.29 is 0 Å². The summed E-state index contributed by atoms with van der Waals surface area (Å²) in [5.74, 6) is 0.587. The van der Waals surface area contributed by atoms with Crippen LogP contribution in [0.2, 0.25) is 10.0 Å². The van der Waals surface area contributed by atoms with Gasteiger partial charge in [-0.2, -0.15) is 0 Å². The molecule has 1 N–H and O–H groups in total. The lowest BCUT2D eigenvalue weighted by Crippen LogP contribution is -2.29. The molecule has 0 saturated heterocycles. The van der Waals surface area contributed by atoms with E-state index >= 15 is 0 Å². The zero-order chi connectivity index (χ0) is 16.1. The molecule has 2 aromatic rings. The van der Waals surface area contributed by atoms with Gasteiger partial charge in [-0.05, 0) is 25.0 Å². The molecule has 0 aliphatic rings. The molecule has 4 nitrogen and oxygen atoms in total. The summed E-state index contributed by atoms with van der Waals surface area (Å²) in [4.78, 5) is 21.9. The molecular weight excluding hydrogens is 321 g/mol. The third-order valence-electron chi connectivity index (χ3n) is 3.58. The number of aromatic nitrogens is 2. The molecule has 1 aromatic heterocycles. The van der Waals surface area contributed by atoms with Gasteiger partial charge in [0.25, 0.3) is 5.56 Å². The lowest BCUT2D eigenvalue weighted by Gasteiger charge is -2.23. The monoisotopic (exact) mass is 341 g/mol. The molecule has 0 fully saturated rings. The summed E-state index contributed by atoms with van der Waals surface area (Å²) in [6, 6.07) is 3.21. The molecule has 22 heavy (non-hydrogen) atoms. The van der Waals surface area contributed by atoms with E-state index in [0.29, 0.717) is 26.9 Å². The van der Waals surface area contributed by atoms with Gasteiger partial charge in [0.2, 0.25) is 5.95 Å². The minimum atomic E-state index is -0.206. The van der Waals surface area contributed by atoms with Crippen molar-refractivity contribution in [2.75, 3.05) is 18.0 Å². The van der Waals surface area contributed by atoms with Crippen molar-refractivity contribution in [3.8, 4) is 0 Å². The number of unbranched alkanes of at least 4 members (excludes halogenated alkanes) is 2. The van der Waals surface area contributed by atoms with E-state index in [9.17, 15) is 4.79 Å². The fourth-order valence-corrected chi connectivity index (χ4v) is 2.86. The van der Waals surface area contributed by atoms with E-state index in [2.05, 4.69) is 28.7 Å². The summed E-state index contributed by atoms with van der Waals surface area (Å²) in [5.41, 5.74) is 0.296. The predicted octanol–water partition coefficient (Wildman–Crippen LogP) is 4.64. The van der Waals surface area contributed by atoms with Crippen LogP contribution in [0.1, 0.15) is 39.5 Å². The van der Waals surface area contributed by atoms with Gasteiger partial charge in [0, 0.05) is 18.1 Å². The van der Waals surface area contributed by atoms with Crippen LogP contribution in [-0.2, 0) is 0 Å². The van der Waals surface area contributed by atoms with Crippen LogP contribution in [0.15, 0.2) is 16.9 Å². The minimum Gasteiger partial charge on any atom is -0.342 e. The molecular formula is C16H21Cl2N3O. The van der Waals surface area contributed by atoms with Crippen molar-refractivity contribution in [2.24, 2.45) is 0 Å². The van der Waals surface area contributed by atoms with Gasteiger partial charge in [-0.25, -0.2) is 4.98 Å². The van der Waals surface area contributed by atoms with Crippen LogP contribution in [-0.4, -0.2) is 23.1 Å². The fourth-order valence-electron chi connectivity index (χ4n) is 2.33. The second-order valence-electron chi connectivity index (χ2n) is 5.37. The van der Waals surface area contributed by atoms with Crippen molar-refractivity contribution in [2.45, 2.75) is 39.5 Å². The van der Waals surface area contributed by atoms with Crippen molar-refractivity contribution in [1.82, 2.24) is 9.97 Å². The SMILES string of the molecule is CCCCN(CCCC)c1nc2c(Cl)cc(Cl)cc2c(=O)[nH]1. The smallest absolute Gasteiger partial charge is 0.260 e. The Morgan fingerprint density at radius 1 is 1.14 bits per heavy atom. The Kier molecular flexibility index (Phi) is 6.09. The zero-order valence-corrected chi connectivity index (χ0v) is 14.5. The Morgan fingerprint density at radius 3 is 2.36 bits per heavy atom. The lowest BCUT2D eigenvalue weighted by atomic mass is 10.2. The average Bonchev–Trinajstić information content (AvgIpc) is 2.48. The number of anilines is 1. The Bertz CT molecular complexity index is 692. The maximum Gasteiger partial charge on any atom is 0.260 e. The van der Waals surface area contributed by atoms with Gasteiger partial charge >= 0.3 is 0 Å². The molecule has 0 aliphatic carbocycles. The number of hydrogen-bond donors (Lipinski definition) is 1. The van der Waals surface area contributed by atoms with Crippen LogP contribution < -0.4 is 10.5 Å². The predicted molar refractivity (Wildman–Crippen MR) is 94.4 cm³/mol. The molecule has 6 heteroatoms. The largest absolute Gasteiger partial charge is 0.342 e. The number of H-pyrrole nitrogens is 1. The van der Waals surface area contributed by atoms with E-state index in [1.54, 1.807) is 12.1 Å². The van der Waals surface area contributed by atoms with Gasteiger partial charge < -0.3 is 4.90 Å². The molecule has 2 rings (SSSR count). The minimum absolute atomic E-state index is 0.206. The first-order chi connectivity index (χ1) is 10.6. The quantitative estimate of drug-likeness (QED) is 0.798. The molecule has 0 saturated carbocycles. The summed E-state index contributed by atoms with van der Waals surface area (Å²) in [5, 5.41) is 1.26. The van der Waals surface area contributed by atoms with Crippen molar-refractivity contribution >= 4 is 40.1 Å². The van der Waals surface area contributed by atoms with Gasteiger partial charge in [0.1, 0.15) is 0 Å². The summed E-state index contributed by atoms with van der Waals surface area (Å²) >= 11 is 12.2. The van der Waals surface area contributed by atoms with Crippen LogP contribution in [0.3, 0.4) is 0 Å². The zero-order valence-electron chi connectivity index (χ0n) is 13.0. The van der Waals surface area contributed by atoms with E-state index in [-0.39, 0.29) is 5.56 Å². The number of fused-ring (bicyclic) bond motifs is 1. The van der Waals surface area contributed by atoms with E-state index < -0.39 is 0 Å². The third-order valence-corrected chi connectivity index (χ3v) is 4.08. The van der Waals surface area contributed by atoms with Gasteiger partial charge in [0.15, 0.2) is 0 Å². The lowest BCUT2D eigenvalue weighted by molar-refractivity contribution is 0.663. The number of aromatic amines is 1. The molecule has 0 bridgehead atoms. The molecule has 0 unspecified atom stereocenters. The molecule has 0 radical (unpaired) electrons.